The second-order valence-electron chi connectivity index (χ2n) is 6.43. The van der Waals surface area contributed by atoms with E-state index in [2.05, 4.69) is 45.0 Å². The molecule has 2 aromatic rings. The molecular formula is C19H28S. The maximum absolute atomic E-state index is 2.39. The summed E-state index contributed by atoms with van der Waals surface area (Å²) in [5.41, 5.74) is 1.51. The Labute approximate surface area is 128 Å². The largest absolute Gasteiger partial charge is 0.141 e. The number of rotatable bonds is 8. The molecular weight excluding hydrogens is 260 g/mol. The summed E-state index contributed by atoms with van der Waals surface area (Å²) in [5.74, 6) is 0.871. The van der Waals surface area contributed by atoms with E-state index in [1.54, 1.807) is 0 Å². The van der Waals surface area contributed by atoms with Crippen LogP contribution in [0.2, 0.25) is 0 Å². The third-order valence-corrected chi connectivity index (χ3v) is 4.98. The molecule has 0 saturated heterocycles. The van der Waals surface area contributed by atoms with Crippen LogP contribution in [0.5, 0.6) is 0 Å². The second kappa shape index (κ2) is 7.83. The van der Waals surface area contributed by atoms with Gasteiger partial charge in [0.1, 0.15) is 0 Å². The van der Waals surface area contributed by atoms with Gasteiger partial charge in [0.05, 0.1) is 0 Å². The third kappa shape index (κ3) is 4.94. The Hall–Kier alpha value is -0.820. The fraction of sp³-hybridized carbons (Fsp3) is 0.579. The smallest absolute Gasteiger partial charge is 0.0345 e. The van der Waals surface area contributed by atoms with E-state index in [9.17, 15) is 0 Å². The van der Waals surface area contributed by atoms with E-state index in [0.717, 1.165) is 5.92 Å². The van der Waals surface area contributed by atoms with Gasteiger partial charge in [0.2, 0.25) is 0 Å². The molecule has 1 heteroatoms. The van der Waals surface area contributed by atoms with E-state index >= 15 is 0 Å². The molecule has 1 aromatic carbocycles. The first-order valence-electron chi connectivity index (χ1n) is 8.14. The Kier molecular flexibility index (Phi) is 6.09. The van der Waals surface area contributed by atoms with Crippen LogP contribution in [0.25, 0.3) is 10.1 Å². The Morgan fingerprint density at radius 3 is 2.50 bits per heavy atom. The van der Waals surface area contributed by atoms with Gasteiger partial charge < -0.3 is 0 Å². The lowest BCUT2D eigenvalue weighted by molar-refractivity contribution is 0.515. The Morgan fingerprint density at radius 1 is 0.950 bits per heavy atom. The molecule has 0 aliphatic heterocycles. The summed E-state index contributed by atoms with van der Waals surface area (Å²) in [6.45, 7) is 6.84. The molecule has 0 unspecified atom stereocenters. The Morgan fingerprint density at radius 2 is 1.70 bits per heavy atom. The minimum Gasteiger partial charge on any atom is -0.141 e. The van der Waals surface area contributed by atoms with Gasteiger partial charge >= 0.3 is 0 Å². The van der Waals surface area contributed by atoms with Gasteiger partial charge in [-0.15, -0.1) is 11.3 Å². The molecule has 0 bridgehead atoms. The van der Waals surface area contributed by atoms with Crippen LogP contribution in [-0.4, -0.2) is 0 Å². The summed E-state index contributed by atoms with van der Waals surface area (Å²) in [4.78, 5) is 1.42. The molecule has 0 spiro atoms. The zero-order valence-electron chi connectivity index (χ0n) is 13.2. The Bertz CT molecular complexity index is 522. The number of aryl methyl sites for hydroxylation is 2. The van der Waals surface area contributed by atoms with Crippen LogP contribution in [0.3, 0.4) is 0 Å². The lowest BCUT2D eigenvalue weighted by Crippen LogP contribution is -1.88. The van der Waals surface area contributed by atoms with Crippen molar-refractivity contribution in [2.45, 2.75) is 65.7 Å². The van der Waals surface area contributed by atoms with Crippen molar-refractivity contribution in [3.63, 3.8) is 0 Å². The van der Waals surface area contributed by atoms with Gasteiger partial charge in [-0.25, -0.2) is 0 Å². The number of thiophene rings is 1. The summed E-state index contributed by atoms with van der Waals surface area (Å²) in [6, 6.07) is 9.31. The molecule has 0 N–H and O–H groups in total. The fourth-order valence-electron chi connectivity index (χ4n) is 2.79. The van der Waals surface area contributed by atoms with E-state index in [0.29, 0.717) is 0 Å². The minimum absolute atomic E-state index is 0.871. The summed E-state index contributed by atoms with van der Waals surface area (Å²) in [7, 11) is 0. The quantitative estimate of drug-likeness (QED) is 0.471. The highest BCUT2D eigenvalue weighted by Gasteiger charge is 2.00. The topological polar surface area (TPSA) is 0 Å². The van der Waals surface area contributed by atoms with E-state index in [1.807, 2.05) is 11.3 Å². The van der Waals surface area contributed by atoms with E-state index in [4.69, 9.17) is 0 Å². The van der Waals surface area contributed by atoms with E-state index in [-0.39, 0.29) is 0 Å². The van der Waals surface area contributed by atoms with Crippen LogP contribution in [0, 0.1) is 12.8 Å². The predicted molar refractivity (Wildman–Crippen MR) is 92.8 cm³/mol. The van der Waals surface area contributed by atoms with Gasteiger partial charge in [-0.05, 0) is 48.8 Å². The van der Waals surface area contributed by atoms with E-state index in [1.165, 1.54) is 65.5 Å². The van der Waals surface area contributed by atoms with Crippen molar-refractivity contribution in [1.82, 2.24) is 0 Å². The Balaban J connectivity index is 1.68. The number of hydrogen-bond donors (Lipinski definition) is 0. The molecule has 0 nitrogen and oxygen atoms in total. The van der Waals surface area contributed by atoms with Crippen molar-refractivity contribution in [2.75, 3.05) is 0 Å². The van der Waals surface area contributed by atoms with E-state index < -0.39 is 0 Å². The van der Waals surface area contributed by atoms with Gasteiger partial charge in [-0.3, -0.25) is 0 Å². The van der Waals surface area contributed by atoms with Crippen molar-refractivity contribution >= 4 is 21.4 Å². The summed E-state index contributed by atoms with van der Waals surface area (Å²) in [5, 5.41) is 1.43. The molecule has 2 rings (SSSR count). The molecule has 0 saturated carbocycles. The average molecular weight is 288 g/mol. The van der Waals surface area contributed by atoms with Crippen molar-refractivity contribution in [1.29, 1.82) is 0 Å². The molecule has 1 aromatic heterocycles. The second-order valence-corrected chi connectivity index (χ2v) is 7.72. The molecule has 0 atom stereocenters. The fourth-order valence-corrected chi connectivity index (χ4v) is 3.70. The third-order valence-electron chi connectivity index (χ3n) is 3.95. The highest BCUT2D eigenvalue weighted by molar-refractivity contribution is 7.19. The highest BCUT2D eigenvalue weighted by atomic mass is 32.1. The van der Waals surface area contributed by atoms with Gasteiger partial charge in [0, 0.05) is 9.58 Å². The lowest BCUT2D eigenvalue weighted by atomic mass is 10.0. The highest BCUT2D eigenvalue weighted by Crippen LogP contribution is 2.26. The zero-order chi connectivity index (χ0) is 14.4. The van der Waals surface area contributed by atoms with Gasteiger partial charge in [-0.2, -0.15) is 0 Å². The molecule has 0 amide bonds. The monoisotopic (exact) mass is 288 g/mol. The number of benzene rings is 1. The molecule has 0 aliphatic rings. The number of unbranched alkanes of at least 4 members (excludes halogenated alkanes) is 4. The summed E-state index contributed by atoms with van der Waals surface area (Å²) in [6.07, 6.45) is 9.61. The summed E-state index contributed by atoms with van der Waals surface area (Å²) < 4.78 is 1.43. The molecule has 0 fully saturated rings. The average Bonchev–Trinajstić information content (AvgIpc) is 2.76. The summed E-state index contributed by atoms with van der Waals surface area (Å²) >= 11 is 1.90. The lowest BCUT2D eigenvalue weighted by Gasteiger charge is -2.05. The zero-order valence-corrected chi connectivity index (χ0v) is 14.1. The first-order valence-corrected chi connectivity index (χ1v) is 8.96. The number of fused-ring (bicyclic) bond motifs is 1. The first-order chi connectivity index (χ1) is 9.65. The maximum atomic E-state index is 2.39. The van der Waals surface area contributed by atoms with Gasteiger partial charge in [0.25, 0.3) is 0 Å². The van der Waals surface area contributed by atoms with Crippen molar-refractivity contribution in [3.05, 3.63) is 34.7 Å². The van der Waals surface area contributed by atoms with Gasteiger partial charge in [0.15, 0.2) is 0 Å². The predicted octanol–water partition coefficient (Wildman–Crippen LogP) is 6.75. The molecule has 1 heterocycles. The normalized spacial score (nSPS) is 11.6. The SMILES string of the molecule is Cc1cc2cc(CCCCCCCC(C)C)ccc2s1. The maximum Gasteiger partial charge on any atom is 0.0345 e. The van der Waals surface area contributed by atoms with Crippen LogP contribution < -0.4 is 0 Å². The molecule has 20 heavy (non-hydrogen) atoms. The standard InChI is InChI=1S/C19H28S/c1-15(2)9-7-5-4-6-8-10-17-11-12-19-18(14-17)13-16(3)20-19/h11-15H,4-10H2,1-3H3. The van der Waals surface area contributed by atoms with Crippen molar-refractivity contribution < 1.29 is 0 Å². The van der Waals surface area contributed by atoms with Crippen LogP contribution in [0.1, 0.15) is 62.8 Å². The van der Waals surface area contributed by atoms with Crippen LogP contribution in [0.15, 0.2) is 24.3 Å². The minimum atomic E-state index is 0.871. The van der Waals surface area contributed by atoms with Crippen LogP contribution in [0.4, 0.5) is 0 Å². The number of hydrogen-bond acceptors (Lipinski definition) is 1. The van der Waals surface area contributed by atoms with Crippen LogP contribution >= 0.6 is 11.3 Å². The first kappa shape index (κ1) is 15.6. The molecule has 0 radical (unpaired) electrons. The van der Waals surface area contributed by atoms with Crippen molar-refractivity contribution in [2.24, 2.45) is 5.92 Å². The molecule has 0 aliphatic carbocycles. The van der Waals surface area contributed by atoms with Crippen molar-refractivity contribution in [3.8, 4) is 0 Å². The van der Waals surface area contributed by atoms with Crippen LogP contribution in [-0.2, 0) is 6.42 Å². The van der Waals surface area contributed by atoms with Gasteiger partial charge in [-0.1, -0.05) is 58.1 Å². The molecule has 110 valence electrons.